The van der Waals surface area contributed by atoms with Gasteiger partial charge in [-0.05, 0) is 66.3 Å². The number of ether oxygens (including phenoxy) is 1. The molecule has 34 heavy (non-hydrogen) atoms. The zero-order valence-electron chi connectivity index (χ0n) is 19.9. The van der Waals surface area contributed by atoms with Crippen LogP contribution in [0.2, 0.25) is 5.02 Å². The maximum atomic E-state index is 11.9. The molecule has 4 rings (SSSR count). The molecule has 0 aliphatic heterocycles. The Morgan fingerprint density at radius 2 is 1.71 bits per heavy atom. The van der Waals surface area contributed by atoms with Crippen LogP contribution < -0.4 is 0 Å². The number of fused-ring (bicyclic) bond motifs is 1. The lowest BCUT2D eigenvalue weighted by Crippen LogP contribution is -2.05. The zero-order valence-corrected chi connectivity index (χ0v) is 20.7. The molecule has 0 unspecified atom stereocenters. The number of aromatic nitrogens is 1. The van der Waals surface area contributed by atoms with Gasteiger partial charge in [-0.25, -0.2) is 9.78 Å². The topological polar surface area (TPSA) is 39.2 Å². The van der Waals surface area contributed by atoms with Gasteiger partial charge in [0.25, 0.3) is 0 Å². The molecule has 0 aliphatic carbocycles. The molecule has 1 heterocycles. The third-order valence-electron chi connectivity index (χ3n) is 5.41. The molecule has 0 bridgehead atoms. The van der Waals surface area contributed by atoms with Crippen LogP contribution in [0.3, 0.4) is 0 Å². The summed E-state index contributed by atoms with van der Waals surface area (Å²) in [6.07, 6.45) is 6.81. The first kappa shape index (κ1) is 25.2. The van der Waals surface area contributed by atoms with Crippen molar-refractivity contribution in [3.8, 4) is 0 Å². The summed E-state index contributed by atoms with van der Waals surface area (Å²) in [6.45, 7) is 4.00. The van der Waals surface area contributed by atoms with E-state index in [0.29, 0.717) is 10.6 Å². The Morgan fingerprint density at radius 3 is 2.53 bits per heavy atom. The summed E-state index contributed by atoms with van der Waals surface area (Å²) in [7, 11) is 1.42. The van der Waals surface area contributed by atoms with E-state index in [4.69, 9.17) is 16.3 Å². The van der Waals surface area contributed by atoms with Crippen LogP contribution in [0.4, 0.5) is 0 Å². The molecule has 3 nitrogen and oxygen atoms in total. The van der Waals surface area contributed by atoms with Crippen LogP contribution in [-0.4, -0.2) is 18.1 Å². The number of nitrogens with zero attached hydrogens (tertiary/aromatic N) is 1. The Labute approximate surface area is 207 Å². The summed E-state index contributed by atoms with van der Waals surface area (Å²) in [5, 5.41) is 1.76. The van der Waals surface area contributed by atoms with E-state index in [2.05, 4.69) is 41.4 Å². The van der Waals surface area contributed by atoms with E-state index in [-0.39, 0.29) is 5.97 Å². The molecule has 1 aromatic heterocycles. The third kappa shape index (κ3) is 6.79. The highest BCUT2D eigenvalue weighted by molar-refractivity contribution is 6.31. The molecule has 0 atom stereocenters. The summed E-state index contributed by atoms with van der Waals surface area (Å²) in [5.41, 5.74) is 5.85. The van der Waals surface area contributed by atoms with Gasteiger partial charge in [0.15, 0.2) is 0 Å². The number of methoxy groups -OCH3 is 1. The normalized spacial score (nSPS) is 10.7. The van der Waals surface area contributed by atoms with Crippen molar-refractivity contribution >= 4 is 40.6 Å². The Bertz CT molecular complexity index is 1280. The van der Waals surface area contributed by atoms with E-state index in [1.807, 2.05) is 68.5 Å². The second-order valence-electron chi connectivity index (χ2n) is 7.65. The number of carbonyl (C=O) groups excluding carboxylic acids is 1. The molecule has 4 heteroatoms. The Balaban J connectivity index is 0.00000158. The van der Waals surface area contributed by atoms with Gasteiger partial charge in [0.2, 0.25) is 0 Å². The average Bonchev–Trinajstić information content (AvgIpc) is 2.88. The minimum absolute atomic E-state index is 0.280. The number of benzene rings is 3. The number of rotatable bonds is 7. The SMILES string of the molecule is CC.COC(=O)c1ccccc1CCCc1cccc(/C=C/c2ccc3ccc(Cl)cc3n2)c1. The van der Waals surface area contributed by atoms with Gasteiger partial charge in [0.05, 0.1) is 23.9 Å². The van der Waals surface area contributed by atoms with E-state index in [9.17, 15) is 4.79 Å². The predicted octanol–water partition coefficient (Wildman–Crippen LogP) is 8.05. The maximum absolute atomic E-state index is 11.9. The quantitative estimate of drug-likeness (QED) is 0.256. The molecule has 0 aliphatic rings. The monoisotopic (exact) mass is 471 g/mol. The van der Waals surface area contributed by atoms with Gasteiger partial charge in [-0.15, -0.1) is 0 Å². The fourth-order valence-corrected chi connectivity index (χ4v) is 3.93. The molecule has 0 radical (unpaired) electrons. The first-order chi connectivity index (χ1) is 16.6. The van der Waals surface area contributed by atoms with Gasteiger partial charge < -0.3 is 4.74 Å². The first-order valence-electron chi connectivity index (χ1n) is 11.6. The van der Waals surface area contributed by atoms with E-state index >= 15 is 0 Å². The molecule has 0 saturated heterocycles. The van der Waals surface area contributed by atoms with Crippen LogP contribution in [0.15, 0.2) is 78.9 Å². The second-order valence-corrected chi connectivity index (χ2v) is 8.09. The van der Waals surface area contributed by atoms with E-state index in [1.165, 1.54) is 12.7 Å². The number of carbonyl (C=O) groups is 1. The Kier molecular flexibility index (Phi) is 9.42. The maximum Gasteiger partial charge on any atom is 0.338 e. The molecular formula is C30H30ClNO2. The summed E-state index contributed by atoms with van der Waals surface area (Å²) in [6, 6.07) is 25.9. The van der Waals surface area contributed by atoms with Crippen molar-refractivity contribution in [1.29, 1.82) is 0 Å². The van der Waals surface area contributed by atoms with E-state index < -0.39 is 0 Å². The van der Waals surface area contributed by atoms with Crippen LogP contribution in [-0.2, 0) is 17.6 Å². The van der Waals surface area contributed by atoms with Crippen molar-refractivity contribution in [2.45, 2.75) is 33.1 Å². The van der Waals surface area contributed by atoms with Crippen molar-refractivity contribution in [2.75, 3.05) is 7.11 Å². The summed E-state index contributed by atoms with van der Waals surface area (Å²) < 4.78 is 4.89. The molecule has 0 fully saturated rings. The molecule has 3 aromatic carbocycles. The van der Waals surface area contributed by atoms with Crippen LogP contribution in [0.1, 0.15) is 53.0 Å². The lowest BCUT2D eigenvalue weighted by molar-refractivity contribution is 0.0599. The number of esters is 1. The highest BCUT2D eigenvalue weighted by Gasteiger charge is 2.10. The van der Waals surface area contributed by atoms with Crippen molar-refractivity contribution in [3.05, 3.63) is 112 Å². The molecule has 0 N–H and O–H groups in total. The minimum Gasteiger partial charge on any atom is -0.465 e. The summed E-state index contributed by atoms with van der Waals surface area (Å²) >= 11 is 6.09. The predicted molar refractivity (Wildman–Crippen MR) is 143 cm³/mol. The average molecular weight is 472 g/mol. The molecule has 0 spiro atoms. The third-order valence-corrected chi connectivity index (χ3v) is 5.64. The lowest BCUT2D eigenvalue weighted by atomic mass is 9.99. The van der Waals surface area contributed by atoms with Gasteiger partial charge in [-0.3, -0.25) is 0 Å². The fourth-order valence-electron chi connectivity index (χ4n) is 3.76. The number of aryl methyl sites for hydroxylation is 2. The summed E-state index contributed by atoms with van der Waals surface area (Å²) in [4.78, 5) is 16.6. The molecular weight excluding hydrogens is 442 g/mol. The largest absolute Gasteiger partial charge is 0.465 e. The van der Waals surface area contributed by atoms with Crippen LogP contribution >= 0.6 is 11.6 Å². The van der Waals surface area contributed by atoms with Gasteiger partial charge in [-0.1, -0.05) is 86.1 Å². The Morgan fingerprint density at radius 1 is 0.912 bits per heavy atom. The molecule has 174 valence electrons. The second kappa shape index (κ2) is 12.7. The number of halogens is 1. The number of hydrogen-bond acceptors (Lipinski definition) is 3. The van der Waals surface area contributed by atoms with Crippen LogP contribution in [0, 0.1) is 0 Å². The fraction of sp³-hybridized carbons (Fsp3) is 0.200. The first-order valence-corrected chi connectivity index (χ1v) is 12.0. The van der Waals surface area contributed by atoms with Crippen molar-refractivity contribution in [1.82, 2.24) is 4.98 Å². The lowest BCUT2D eigenvalue weighted by Gasteiger charge is -2.08. The summed E-state index contributed by atoms with van der Waals surface area (Å²) in [5.74, 6) is -0.280. The van der Waals surface area contributed by atoms with Crippen molar-refractivity contribution in [2.24, 2.45) is 0 Å². The van der Waals surface area contributed by atoms with Gasteiger partial charge in [0, 0.05) is 10.4 Å². The van der Waals surface area contributed by atoms with E-state index in [1.54, 1.807) is 0 Å². The van der Waals surface area contributed by atoms with Gasteiger partial charge >= 0.3 is 5.97 Å². The number of hydrogen-bond donors (Lipinski definition) is 0. The van der Waals surface area contributed by atoms with Gasteiger partial charge in [-0.2, -0.15) is 0 Å². The minimum atomic E-state index is -0.280. The molecule has 0 saturated carbocycles. The highest BCUT2D eigenvalue weighted by Crippen LogP contribution is 2.19. The van der Waals surface area contributed by atoms with Crippen molar-refractivity contribution in [3.63, 3.8) is 0 Å². The van der Waals surface area contributed by atoms with E-state index in [0.717, 1.165) is 47.0 Å². The highest BCUT2D eigenvalue weighted by atomic mass is 35.5. The van der Waals surface area contributed by atoms with Crippen LogP contribution in [0.25, 0.3) is 23.1 Å². The molecule has 0 amide bonds. The zero-order chi connectivity index (χ0) is 24.3. The number of pyridine rings is 1. The molecule has 4 aromatic rings. The standard InChI is InChI=1S/C28H24ClNO2.C2H6/c1-32-28(31)26-11-3-2-9-22(26)10-5-8-20-6-4-7-21(18-20)12-16-25-17-14-23-13-15-24(29)19-27(23)30-25;1-2/h2-4,6-7,9,11-19H,5,8,10H2,1H3;1-2H3/b16-12+;. The van der Waals surface area contributed by atoms with Gasteiger partial charge in [0.1, 0.15) is 0 Å². The van der Waals surface area contributed by atoms with Crippen LogP contribution in [0.5, 0.6) is 0 Å². The Hall–Kier alpha value is -3.43. The smallest absolute Gasteiger partial charge is 0.338 e. The van der Waals surface area contributed by atoms with Crippen molar-refractivity contribution < 1.29 is 9.53 Å².